The molecule has 1 saturated heterocycles. The van der Waals surface area contributed by atoms with Crippen LogP contribution in [0.25, 0.3) is 0 Å². The number of nitrogens with one attached hydrogen (secondary N) is 2. The Morgan fingerprint density at radius 3 is 2.48 bits per heavy atom. The van der Waals surface area contributed by atoms with Gasteiger partial charge in [0, 0.05) is 18.8 Å². The first-order valence-electron chi connectivity index (χ1n) is 8.26. The lowest BCUT2D eigenvalue weighted by molar-refractivity contribution is -0.127. The molecule has 1 aliphatic rings. The van der Waals surface area contributed by atoms with Crippen molar-refractivity contribution in [3.8, 4) is 11.5 Å². The Bertz CT molecular complexity index is 731. The summed E-state index contributed by atoms with van der Waals surface area (Å²) in [6.45, 7) is 3.30. The molecule has 0 radical (unpaired) electrons. The lowest BCUT2D eigenvalue weighted by Crippen LogP contribution is -2.53. The van der Waals surface area contributed by atoms with Crippen LogP contribution in [0.1, 0.15) is 6.92 Å². The quantitative estimate of drug-likeness (QED) is 0.876. The van der Waals surface area contributed by atoms with Crippen LogP contribution < -0.4 is 15.4 Å². The third-order valence-electron chi connectivity index (χ3n) is 4.10. The first-order chi connectivity index (χ1) is 12.1. The number of nitrogens with zero attached hydrogens (tertiary/aromatic N) is 1. The Kier molecular flexibility index (Phi) is 5.30. The van der Waals surface area contributed by atoms with E-state index in [1.807, 2.05) is 47.4 Å². The van der Waals surface area contributed by atoms with Gasteiger partial charge in [-0.3, -0.25) is 14.5 Å². The minimum Gasteiger partial charge on any atom is -0.457 e. The lowest BCUT2D eigenvalue weighted by Gasteiger charge is -2.31. The summed E-state index contributed by atoms with van der Waals surface area (Å²) in [6.07, 6.45) is 0. The van der Waals surface area contributed by atoms with E-state index in [0.29, 0.717) is 24.5 Å². The minimum absolute atomic E-state index is 0.0479. The number of benzene rings is 2. The molecule has 130 valence electrons. The van der Waals surface area contributed by atoms with Crippen LogP contribution in [0.5, 0.6) is 11.5 Å². The molecule has 0 aliphatic carbocycles. The standard InChI is InChI=1S/C19H21N3O3/c1-14(22-12-11-20-18(23)13-22)19(24)21-15-7-9-17(10-8-15)25-16-5-3-2-4-6-16/h2-10,14H,11-13H2,1H3,(H,20,23)(H,21,24)/t14-/m0/s1. The molecule has 2 amide bonds. The van der Waals surface area contributed by atoms with Crippen molar-refractivity contribution in [2.24, 2.45) is 0 Å². The van der Waals surface area contributed by atoms with Crippen molar-refractivity contribution in [3.05, 3.63) is 54.6 Å². The zero-order chi connectivity index (χ0) is 17.6. The number of para-hydroxylation sites is 1. The highest BCUT2D eigenvalue weighted by molar-refractivity contribution is 5.95. The van der Waals surface area contributed by atoms with Gasteiger partial charge in [0.05, 0.1) is 12.6 Å². The lowest BCUT2D eigenvalue weighted by atomic mass is 10.2. The number of hydrogen-bond acceptors (Lipinski definition) is 4. The van der Waals surface area contributed by atoms with E-state index in [2.05, 4.69) is 10.6 Å². The number of hydrogen-bond donors (Lipinski definition) is 2. The molecule has 6 nitrogen and oxygen atoms in total. The molecule has 1 aliphatic heterocycles. The highest BCUT2D eigenvalue weighted by atomic mass is 16.5. The molecule has 2 aromatic rings. The fraction of sp³-hybridized carbons (Fsp3) is 0.263. The molecule has 0 spiro atoms. The van der Waals surface area contributed by atoms with Gasteiger partial charge in [0.1, 0.15) is 11.5 Å². The molecule has 1 atom stereocenters. The van der Waals surface area contributed by atoms with Crippen LogP contribution in [0.4, 0.5) is 5.69 Å². The van der Waals surface area contributed by atoms with Crippen molar-refractivity contribution in [2.75, 3.05) is 25.0 Å². The Morgan fingerprint density at radius 2 is 1.80 bits per heavy atom. The second-order valence-electron chi connectivity index (χ2n) is 5.93. The number of carbonyl (C=O) groups excluding carboxylic acids is 2. The molecule has 1 fully saturated rings. The van der Waals surface area contributed by atoms with Crippen LogP contribution in [0.2, 0.25) is 0 Å². The maximum atomic E-state index is 12.4. The van der Waals surface area contributed by atoms with Crippen molar-refractivity contribution in [1.82, 2.24) is 10.2 Å². The predicted molar refractivity (Wildman–Crippen MR) is 95.6 cm³/mol. The molecule has 25 heavy (non-hydrogen) atoms. The van der Waals surface area contributed by atoms with E-state index in [-0.39, 0.29) is 24.4 Å². The molecule has 0 aromatic heterocycles. The number of ether oxygens (including phenoxy) is 1. The SMILES string of the molecule is C[C@@H](C(=O)Nc1ccc(Oc2ccccc2)cc1)N1CCNC(=O)C1. The number of carbonyl (C=O) groups is 2. The van der Waals surface area contributed by atoms with Crippen LogP contribution in [0, 0.1) is 0 Å². The van der Waals surface area contributed by atoms with Gasteiger partial charge in [0.15, 0.2) is 0 Å². The number of anilines is 1. The van der Waals surface area contributed by atoms with Crippen molar-refractivity contribution in [2.45, 2.75) is 13.0 Å². The number of rotatable bonds is 5. The van der Waals surface area contributed by atoms with E-state index in [1.54, 1.807) is 19.1 Å². The second-order valence-corrected chi connectivity index (χ2v) is 5.93. The molecular weight excluding hydrogens is 318 g/mol. The molecule has 3 rings (SSSR count). The van der Waals surface area contributed by atoms with Crippen LogP contribution in [0.15, 0.2) is 54.6 Å². The average molecular weight is 339 g/mol. The van der Waals surface area contributed by atoms with Gasteiger partial charge in [0.2, 0.25) is 11.8 Å². The maximum absolute atomic E-state index is 12.4. The van der Waals surface area contributed by atoms with Gasteiger partial charge in [-0.1, -0.05) is 18.2 Å². The third kappa shape index (κ3) is 4.58. The number of piperazine rings is 1. The first kappa shape index (κ1) is 17.0. The summed E-state index contributed by atoms with van der Waals surface area (Å²) in [5.41, 5.74) is 0.693. The van der Waals surface area contributed by atoms with Gasteiger partial charge in [-0.05, 0) is 43.3 Å². The Labute approximate surface area is 146 Å². The molecule has 6 heteroatoms. The fourth-order valence-electron chi connectivity index (χ4n) is 2.63. The normalized spacial score (nSPS) is 16.0. The van der Waals surface area contributed by atoms with Gasteiger partial charge in [0.25, 0.3) is 0 Å². The van der Waals surface area contributed by atoms with E-state index in [4.69, 9.17) is 4.74 Å². The summed E-state index contributed by atoms with van der Waals surface area (Å²) in [6, 6.07) is 16.3. The molecule has 0 unspecified atom stereocenters. The molecular formula is C19H21N3O3. The third-order valence-corrected chi connectivity index (χ3v) is 4.10. The zero-order valence-corrected chi connectivity index (χ0v) is 14.1. The van der Waals surface area contributed by atoms with E-state index in [9.17, 15) is 9.59 Å². The van der Waals surface area contributed by atoms with Crippen LogP contribution >= 0.6 is 0 Å². The van der Waals surface area contributed by atoms with Crippen LogP contribution in [-0.4, -0.2) is 42.4 Å². The fourth-order valence-corrected chi connectivity index (χ4v) is 2.63. The summed E-state index contributed by atoms with van der Waals surface area (Å²) in [5, 5.41) is 5.63. The molecule has 2 aromatic carbocycles. The number of amides is 2. The summed E-state index contributed by atoms with van der Waals surface area (Å²) in [4.78, 5) is 25.7. The zero-order valence-electron chi connectivity index (χ0n) is 14.1. The van der Waals surface area contributed by atoms with Crippen molar-refractivity contribution in [1.29, 1.82) is 0 Å². The largest absolute Gasteiger partial charge is 0.457 e. The molecule has 0 bridgehead atoms. The highest BCUT2D eigenvalue weighted by Gasteiger charge is 2.25. The Hall–Kier alpha value is -2.86. The van der Waals surface area contributed by atoms with Gasteiger partial charge in [-0.25, -0.2) is 0 Å². The van der Waals surface area contributed by atoms with Crippen LogP contribution in [0.3, 0.4) is 0 Å². The van der Waals surface area contributed by atoms with Gasteiger partial charge in [-0.2, -0.15) is 0 Å². The Balaban J connectivity index is 1.57. The molecule has 0 saturated carbocycles. The van der Waals surface area contributed by atoms with E-state index in [0.717, 1.165) is 5.75 Å². The van der Waals surface area contributed by atoms with Gasteiger partial charge in [-0.15, -0.1) is 0 Å². The van der Waals surface area contributed by atoms with Crippen molar-refractivity contribution < 1.29 is 14.3 Å². The average Bonchev–Trinajstić information content (AvgIpc) is 2.63. The summed E-state index contributed by atoms with van der Waals surface area (Å²) < 4.78 is 5.73. The monoisotopic (exact) mass is 339 g/mol. The summed E-state index contributed by atoms with van der Waals surface area (Å²) >= 11 is 0. The molecule has 2 N–H and O–H groups in total. The predicted octanol–water partition coefficient (Wildman–Crippen LogP) is 2.24. The van der Waals surface area contributed by atoms with Crippen molar-refractivity contribution >= 4 is 17.5 Å². The highest BCUT2D eigenvalue weighted by Crippen LogP contribution is 2.22. The minimum atomic E-state index is -0.369. The summed E-state index contributed by atoms with van der Waals surface area (Å²) in [5.74, 6) is 1.28. The second kappa shape index (κ2) is 7.81. The van der Waals surface area contributed by atoms with Gasteiger partial charge < -0.3 is 15.4 Å². The van der Waals surface area contributed by atoms with Crippen LogP contribution in [-0.2, 0) is 9.59 Å². The van der Waals surface area contributed by atoms with Gasteiger partial charge >= 0.3 is 0 Å². The van der Waals surface area contributed by atoms with E-state index < -0.39 is 0 Å². The smallest absolute Gasteiger partial charge is 0.241 e. The topological polar surface area (TPSA) is 70.7 Å². The van der Waals surface area contributed by atoms with Crippen molar-refractivity contribution in [3.63, 3.8) is 0 Å². The first-order valence-corrected chi connectivity index (χ1v) is 8.26. The van der Waals surface area contributed by atoms with E-state index >= 15 is 0 Å². The maximum Gasteiger partial charge on any atom is 0.241 e. The molecule has 1 heterocycles. The Morgan fingerprint density at radius 1 is 1.12 bits per heavy atom. The van der Waals surface area contributed by atoms with E-state index in [1.165, 1.54) is 0 Å². The summed E-state index contributed by atoms with van der Waals surface area (Å²) in [7, 11) is 0.